The van der Waals surface area contributed by atoms with Crippen LogP contribution in [-0.2, 0) is 20.7 Å². The van der Waals surface area contributed by atoms with Crippen molar-refractivity contribution in [2.75, 3.05) is 11.9 Å². The molecule has 0 aliphatic carbocycles. The van der Waals surface area contributed by atoms with E-state index in [0.717, 1.165) is 29.0 Å². The molecule has 144 valence electrons. The number of aryl methyl sites for hydroxylation is 2. The van der Waals surface area contributed by atoms with Gasteiger partial charge in [-0.2, -0.15) is 0 Å². The Morgan fingerprint density at radius 2 is 1.81 bits per heavy atom. The predicted octanol–water partition coefficient (Wildman–Crippen LogP) is 4.29. The van der Waals surface area contributed by atoms with Crippen LogP contribution in [0.5, 0.6) is 5.75 Å². The van der Waals surface area contributed by atoms with E-state index in [1.54, 1.807) is 6.92 Å². The van der Waals surface area contributed by atoms with E-state index in [-0.39, 0.29) is 12.3 Å². The Kier molecular flexibility index (Phi) is 7.86. The molecule has 0 radical (unpaired) electrons. The van der Waals surface area contributed by atoms with Gasteiger partial charge in [0.1, 0.15) is 5.75 Å². The number of carbonyl (C=O) groups is 2. The Morgan fingerprint density at radius 3 is 2.52 bits per heavy atom. The van der Waals surface area contributed by atoms with Gasteiger partial charge in [-0.15, -0.1) is 0 Å². The maximum atomic E-state index is 12.4. The maximum absolute atomic E-state index is 12.4. The topological polar surface area (TPSA) is 64.6 Å². The zero-order valence-corrected chi connectivity index (χ0v) is 16.2. The highest BCUT2D eigenvalue weighted by Gasteiger charge is 2.19. The number of ether oxygens (including phenoxy) is 2. The Labute approximate surface area is 160 Å². The molecule has 1 atom stereocenters. The largest absolute Gasteiger partial charge is 0.494 e. The van der Waals surface area contributed by atoms with E-state index in [9.17, 15) is 9.59 Å². The van der Waals surface area contributed by atoms with E-state index in [0.29, 0.717) is 13.0 Å². The molecule has 2 rings (SSSR count). The highest BCUT2D eigenvalue weighted by atomic mass is 16.5. The van der Waals surface area contributed by atoms with E-state index in [2.05, 4.69) is 5.32 Å². The van der Waals surface area contributed by atoms with Gasteiger partial charge in [0.15, 0.2) is 6.10 Å². The normalized spacial score (nSPS) is 11.5. The highest BCUT2D eigenvalue weighted by molar-refractivity contribution is 5.96. The van der Waals surface area contributed by atoms with E-state index in [4.69, 9.17) is 9.47 Å². The minimum absolute atomic E-state index is 0.203. The Balaban J connectivity index is 1.76. The van der Waals surface area contributed by atoms with E-state index in [1.807, 2.05) is 62.4 Å². The van der Waals surface area contributed by atoms with Crippen LogP contribution in [0.15, 0.2) is 48.5 Å². The number of rotatable bonds is 9. The SMILES string of the molecule is CCc1cccc(C)c1NC(=O)[C@@H](C)OC(=O)CCCOc1ccccc1. The summed E-state index contributed by atoms with van der Waals surface area (Å²) in [5.41, 5.74) is 2.84. The highest BCUT2D eigenvalue weighted by Crippen LogP contribution is 2.21. The summed E-state index contributed by atoms with van der Waals surface area (Å²) in [6.07, 6.45) is 0.693. The van der Waals surface area contributed by atoms with Crippen molar-refractivity contribution in [3.8, 4) is 5.75 Å². The molecular weight excluding hydrogens is 342 g/mol. The van der Waals surface area contributed by atoms with Gasteiger partial charge in [0.25, 0.3) is 5.91 Å². The fraction of sp³-hybridized carbons (Fsp3) is 0.364. The van der Waals surface area contributed by atoms with Crippen LogP contribution in [0.3, 0.4) is 0 Å². The summed E-state index contributed by atoms with van der Waals surface area (Å²) >= 11 is 0. The van der Waals surface area contributed by atoms with Gasteiger partial charge >= 0.3 is 5.97 Å². The first-order valence-electron chi connectivity index (χ1n) is 9.28. The molecule has 27 heavy (non-hydrogen) atoms. The Bertz CT molecular complexity index is 758. The van der Waals surface area contributed by atoms with Crippen LogP contribution in [0.1, 0.15) is 37.8 Å². The average Bonchev–Trinajstić information content (AvgIpc) is 2.67. The van der Waals surface area contributed by atoms with Crippen LogP contribution in [0, 0.1) is 6.92 Å². The van der Waals surface area contributed by atoms with Crippen molar-refractivity contribution in [3.05, 3.63) is 59.7 Å². The second kappa shape index (κ2) is 10.4. The monoisotopic (exact) mass is 369 g/mol. The quantitative estimate of drug-likeness (QED) is 0.529. The number of esters is 1. The average molecular weight is 369 g/mol. The molecule has 1 N–H and O–H groups in total. The lowest BCUT2D eigenvalue weighted by Gasteiger charge is -2.17. The Hall–Kier alpha value is -2.82. The molecule has 0 heterocycles. The Morgan fingerprint density at radius 1 is 1.07 bits per heavy atom. The molecule has 0 unspecified atom stereocenters. The maximum Gasteiger partial charge on any atom is 0.306 e. The zero-order chi connectivity index (χ0) is 19.6. The molecule has 5 heteroatoms. The van der Waals surface area contributed by atoms with Crippen LogP contribution in [0.2, 0.25) is 0 Å². The lowest BCUT2D eigenvalue weighted by atomic mass is 10.1. The van der Waals surface area contributed by atoms with Crippen molar-refractivity contribution in [1.82, 2.24) is 0 Å². The molecule has 0 fully saturated rings. The smallest absolute Gasteiger partial charge is 0.306 e. The van der Waals surface area contributed by atoms with Crippen LogP contribution >= 0.6 is 0 Å². The van der Waals surface area contributed by atoms with Crippen LogP contribution in [0.4, 0.5) is 5.69 Å². The van der Waals surface area contributed by atoms with Crippen molar-refractivity contribution in [3.63, 3.8) is 0 Å². The van der Waals surface area contributed by atoms with Gasteiger partial charge in [-0.05, 0) is 49.9 Å². The number of amides is 1. The fourth-order valence-electron chi connectivity index (χ4n) is 2.66. The van der Waals surface area contributed by atoms with Gasteiger partial charge in [0, 0.05) is 12.1 Å². The molecular formula is C22H27NO4. The third kappa shape index (κ3) is 6.44. The summed E-state index contributed by atoms with van der Waals surface area (Å²) in [5.74, 6) is 0.0336. The molecule has 2 aromatic rings. The molecule has 0 saturated heterocycles. The van der Waals surface area contributed by atoms with E-state index in [1.165, 1.54) is 0 Å². The van der Waals surface area contributed by atoms with Gasteiger partial charge in [0.05, 0.1) is 6.61 Å². The number of hydrogen-bond donors (Lipinski definition) is 1. The minimum atomic E-state index is -0.850. The lowest BCUT2D eigenvalue weighted by Crippen LogP contribution is -2.30. The lowest BCUT2D eigenvalue weighted by molar-refractivity contribution is -0.153. The molecule has 0 bridgehead atoms. The van der Waals surface area contributed by atoms with Gasteiger partial charge in [-0.25, -0.2) is 0 Å². The summed E-state index contributed by atoms with van der Waals surface area (Å²) in [5, 5.41) is 2.88. The number of anilines is 1. The van der Waals surface area contributed by atoms with Gasteiger partial charge in [-0.1, -0.05) is 43.3 Å². The molecule has 0 aromatic heterocycles. The van der Waals surface area contributed by atoms with Gasteiger partial charge < -0.3 is 14.8 Å². The van der Waals surface area contributed by atoms with Crippen molar-refractivity contribution < 1.29 is 19.1 Å². The third-order valence-corrected chi connectivity index (χ3v) is 4.20. The molecule has 2 aromatic carbocycles. The molecule has 5 nitrogen and oxygen atoms in total. The van der Waals surface area contributed by atoms with Crippen LogP contribution < -0.4 is 10.1 Å². The first-order valence-corrected chi connectivity index (χ1v) is 9.28. The fourth-order valence-corrected chi connectivity index (χ4v) is 2.66. The van der Waals surface area contributed by atoms with E-state index < -0.39 is 12.1 Å². The third-order valence-electron chi connectivity index (χ3n) is 4.20. The molecule has 0 aliphatic rings. The second-order valence-electron chi connectivity index (χ2n) is 6.35. The van der Waals surface area contributed by atoms with Crippen molar-refractivity contribution in [2.45, 2.75) is 46.1 Å². The first kappa shape index (κ1) is 20.5. The zero-order valence-electron chi connectivity index (χ0n) is 16.2. The van der Waals surface area contributed by atoms with Crippen molar-refractivity contribution >= 4 is 17.6 Å². The minimum Gasteiger partial charge on any atom is -0.494 e. The molecule has 0 saturated carbocycles. The summed E-state index contributed by atoms with van der Waals surface area (Å²) in [4.78, 5) is 24.3. The number of hydrogen-bond acceptors (Lipinski definition) is 4. The van der Waals surface area contributed by atoms with Crippen LogP contribution in [-0.4, -0.2) is 24.6 Å². The summed E-state index contributed by atoms with van der Waals surface area (Å²) in [7, 11) is 0. The molecule has 0 aliphatic heterocycles. The van der Waals surface area contributed by atoms with Crippen molar-refractivity contribution in [2.24, 2.45) is 0 Å². The van der Waals surface area contributed by atoms with E-state index >= 15 is 0 Å². The van der Waals surface area contributed by atoms with Crippen molar-refractivity contribution in [1.29, 1.82) is 0 Å². The number of benzene rings is 2. The molecule has 0 spiro atoms. The first-order chi connectivity index (χ1) is 13.0. The molecule has 1 amide bonds. The van der Waals surface area contributed by atoms with Gasteiger partial charge in [-0.3, -0.25) is 9.59 Å². The summed E-state index contributed by atoms with van der Waals surface area (Å²) < 4.78 is 10.8. The predicted molar refractivity (Wildman–Crippen MR) is 106 cm³/mol. The number of para-hydroxylation sites is 2. The number of carbonyl (C=O) groups excluding carboxylic acids is 2. The summed E-state index contributed by atoms with van der Waals surface area (Å²) in [6, 6.07) is 15.3. The standard InChI is InChI=1S/C22H27NO4/c1-4-18-11-8-10-16(2)21(18)23-22(25)17(3)27-20(24)14-9-15-26-19-12-6-5-7-13-19/h5-8,10-13,17H,4,9,14-15H2,1-3H3,(H,23,25)/t17-/m1/s1. The van der Waals surface area contributed by atoms with Gasteiger partial charge in [0.2, 0.25) is 0 Å². The second-order valence-corrected chi connectivity index (χ2v) is 6.35. The van der Waals surface area contributed by atoms with Crippen LogP contribution in [0.25, 0.3) is 0 Å². The number of nitrogens with one attached hydrogen (secondary N) is 1. The summed E-state index contributed by atoms with van der Waals surface area (Å²) in [6.45, 7) is 5.98.